The first-order valence-electron chi connectivity index (χ1n) is 15.1. The molecular formula is C32H49Cl2NO6. The van der Waals surface area contributed by atoms with Gasteiger partial charge in [0.15, 0.2) is 17.3 Å². The molecule has 1 aromatic carbocycles. The fourth-order valence-electron chi connectivity index (χ4n) is 4.11. The highest BCUT2D eigenvalue weighted by Crippen LogP contribution is 2.26. The Hall–Kier alpha value is -2.12. The predicted octanol–water partition coefficient (Wildman–Crippen LogP) is 8.68. The van der Waals surface area contributed by atoms with Crippen molar-refractivity contribution in [2.45, 2.75) is 130 Å². The molecule has 9 heteroatoms. The van der Waals surface area contributed by atoms with Crippen molar-refractivity contribution in [3.05, 3.63) is 28.8 Å². The van der Waals surface area contributed by atoms with Crippen LogP contribution < -0.4 is 5.32 Å². The number of halogens is 2. The van der Waals surface area contributed by atoms with E-state index in [9.17, 15) is 19.2 Å². The van der Waals surface area contributed by atoms with E-state index in [-0.39, 0.29) is 16.3 Å². The molecule has 2 atom stereocenters. The third-order valence-electron chi connectivity index (χ3n) is 6.73. The fraction of sp³-hybridized carbons (Fsp3) is 0.688. The van der Waals surface area contributed by atoms with Crippen LogP contribution in [0.25, 0.3) is 0 Å². The number of esters is 2. The van der Waals surface area contributed by atoms with Crippen LogP contribution in [0.4, 0.5) is 5.69 Å². The van der Waals surface area contributed by atoms with E-state index in [1.807, 2.05) is 6.92 Å². The summed E-state index contributed by atoms with van der Waals surface area (Å²) in [5, 5.41) is 1.24. The smallest absolute Gasteiger partial charge is 0.347 e. The number of rotatable bonds is 20. The van der Waals surface area contributed by atoms with E-state index < -0.39 is 40.5 Å². The van der Waals surface area contributed by atoms with Gasteiger partial charge in [-0.25, -0.2) is 9.59 Å². The van der Waals surface area contributed by atoms with Crippen LogP contribution in [0.1, 0.15) is 128 Å². The maximum absolute atomic E-state index is 12.9. The van der Waals surface area contributed by atoms with Crippen molar-refractivity contribution in [3.8, 4) is 0 Å². The van der Waals surface area contributed by atoms with Crippen LogP contribution in [0.3, 0.4) is 0 Å². The quantitative estimate of drug-likeness (QED) is 0.0683. The summed E-state index contributed by atoms with van der Waals surface area (Å²) >= 11 is 12.3. The molecule has 0 aliphatic carbocycles. The molecular weight excluding hydrogens is 565 g/mol. The Balaban J connectivity index is 2.65. The number of carbonyl (C=O) groups excluding carboxylic acids is 4. The van der Waals surface area contributed by atoms with Crippen LogP contribution in [0.15, 0.2) is 18.2 Å². The molecule has 0 bridgehead atoms. The number of benzene rings is 1. The standard InChI is InChI=1S/C32H49Cl2NO6/c1-6-8-10-11-12-13-14-15-16-17-21-40-31(39)26(18-9-7-2)41-30(38)23-19-20-24(33)25(22-23)35-29(37)27(34)28(36)32(3,4)5/h19-20,22,26-27H,6-18,21H2,1-5H3,(H,35,37). The monoisotopic (exact) mass is 613 g/mol. The summed E-state index contributed by atoms with van der Waals surface area (Å²) in [5.41, 5.74) is -0.622. The van der Waals surface area contributed by atoms with Crippen molar-refractivity contribution in [2.24, 2.45) is 5.41 Å². The number of anilines is 1. The molecule has 0 spiro atoms. The van der Waals surface area contributed by atoms with Gasteiger partial charge < -0.3 is 14.8 Å². The second-order valence-corrected chi connectivity index (χ2v) is 12.4. The zero-order chi connectivity index (χ0) is 30.8. The molecule has 0 saturated carbocycles. The van der Waals surface area contributed by atoms with Crippen LogP contribution in [0, 0.1) is 5.41 Å². The summed E-state index contributed by atoms with van der Waals surface area (Å²) in [6, 6.07) is 4.19. The van der Waals surface area contributed by atoms with Gasteiger partial charge in [-0.3, -0.25) is 9.59 Å². The molecule has 0 aromatic heterocycles. The van der Waals surface area contributed by atoms with E-state index >= 15 is 0 Å². The molecule has 0 radical (unpaired) electrons. The normalized spacial score (nSPS) is 12.9. The predicted molar refractivity (Wildman–Crippen MR) is 166 cm³/mol. The third kappa shape index (κ3) is 14.6. The lowest BCUT2D eigenvalue weighted by Gasteiger charge is -2.20. The summed E-state index contributed by atoms with van der Waals surface area (Å²) in [6.45, 7) is 9.49. The van der Waals surface area contributed by atoms with Crippen molar-refractivity contribution in [1.82, 2.24) is 0 Å². The lowest BCUT2D eigenvalue weighted by Crippen LogP contribution is -2.37. The summed E-state index contributed by atoms with van der Waals surface area (Å²) in [7, 11) is 0. The molecule has 2 unspecified atom stereocenters. The molecule has 0 aliphatic heterocycles. The minimum atomic E-state index is -1.43. The van der Waals surface area contributed by atoms with Gasteiger partial charge in [0.05, 0.1) is 22.9 Å². The lowest BCUT2D eigenvalue weighted by atomic mass is 9.88. The van der Waals surface area contributed by atoms with Crippen LogP contribution in [0.2, 0.25) is 5.02 Å². The third-order valence-corrected chi connectivity index (χ3v) is 7.46. The zero-order valence-electron chi connectivity index (χ0n) is 25.5. The van der Waals surface area contributed by atoms with Crippen molar-refractivity contribution in [3.63, 3.8) is 0 Å². The molecule has 1 N–H and O–H groups in total. The Morgan fingerprint density at radius 1 is 0.854 bits per heavy atom. The van der Waals surface area contributed by atoms with Gasteiger partial charge in [-0.2, -0.15) is 0 Å². The molecule has 0 fully saturated rings. The number of Topliss-reactive ketones (excluding diaryl/α,β-unsaturated/α-hetero) is 1. The van der Waals surface area contributed by atoms with Gasteiger partial charge in [0, 0.05) is 5.41 Å². The number of unbranched alkanes of at least 4 members (excludes halogenated alkanes) is 10. The number of nitrogens with one attached hydrogen (secondary N) is 1. The number of hydrogen-bond acceptors (Lipinski definition) is 6. The summed E-state index contributed by atoms with van der Waals surface area (Å²) in [4.78, 5) is 50.6. The van der Waals surface area contributed by atoms with E-state index in [2.05, 4.69) is 12.2 Å². The van der Waals surface area contributed by atoms with E-state index in [1.165, 1.54) is 63.1 Å². The first-order chi connectivity index (χ1) is 19.4. The van der Waals surface area contributed by atoms with Crippen LogP contribution in [-0.4, -0.2) is 41.7 Å². The van der Waals surface area contributed by atoms with Gasteiger partial charge in [0.25, 0.3) is 0 Å². The van der Waals surface area contributed by atoms with Gasteiger partial charge in [-0.1, -0.05) is 110 Å². The highest BCUT2D eigenvalue weighted by atomic mass is 35.5. The Kier molecular flexibility index (Phi) is 17.9. The number of amides is 1. The van der Waals surface area contributed by atoms with Crippen molar-refractivity contribution < 1.29 is 28.7 Å². The number of ether oxygens (including phenoxy) is 2. The van der Waals surface area contributed by atoms with Crippen molar-refractivity contribution in [1.29, 1.82) is 0 Å². The molecule has 0 aliphatic rings. The van der Waals surface area contributed by atoms with Gasteiger partial charge in [-0.05, 0) is 37.5 Å². The lowest BCUT2D eigenvalue weighted by molar-refractivity contribution is -0.154. The minimum Gasteiger partial charge on any atom is -0.463 e. The Bertz CT molecular complexity index is 975. The molecule has 232 valence electrons. The van der Waals surface area contributed by atoms with E-state index in [4.69, 9.17) is 32.7 Å². The van der Waals surface area contributed by atoms with Gasteiger partial charge >= 0.3 is 11.9 Å². The van der Waals surface area contributed by atoms with E-state index in [0.29, 0.717) is 19.4 Å². The van der Waals surface area contributed by atoms with Gasteiger partial charge in [0.2, 0.25) is 5.91 Å². The zero-order valence-corrected chi connectivity index (χ0v) is 27.0. The van der Waals surface area contributed by atoms with Crippen LogP contribution in [-0.2, 0) is 23.9 Å². The van der Waals surface area contributed by atoms with Crippen LogP contribution >= 0.6 is 23.2 Å². The average molecular weight is 615 g/mol. The Labute approximate surface area is 256 Å². The second-order valence-electron chi connectivity index (χ2n) is 11.5. The summed E-state index contributed by atoms with van der Waals surface area (Å²) in [6.07, 6.45) is 12.6. The summed E-state index contributed by atoms with van der Waals surface area (Å²) in [5.74, 6) is -2.51. The molecule has 0 heterocycles. The SMILES string of the molecule is CCCCCCCCCCCCOC(=O)C(CCCC)OC(=O)c1ccc(Cl)c(NC(=O)C(Cl)C(=O)C(C)(C)C)c1. The molecule has 1 rings (SSSR count). The summed E-state index contributed by atoms with van der Waals surface area (Å²) < 4.78 is 11.0. The van der Waals surface area contributed by atoms with Gasteiger partial charge in [-0.15, -0.1) is 11.6 Å². The Morgan fingerprint density at radius 2 is 1.41 bits per heavy atom. The van der Waals surface area contributed by atoms with Gasteiger partial charge in [0.1, 0.15) is 0 Å². The Morgan fingerprint density at radius 3 is 1.98 bits per heavy atom. The van der Waals surface area contributed by atoms with E-state index in [1.54, 1.807) is 20.8 Å². The molecule has 41 heavy (non-hydrogen) atoms. The van der Waals surface area contributed by atoms with Crippen LogP contribution in [0.5, 0.6) is 0 Å². The molecule has 7 nitrogen and oxygen atoms in total. The highest BCUT2D eigenvalue weighted by Gasteiger charge is 2.33. The van der Waals surface area contributed by atoms with Crippen molar-refractivity contribution in [2.75, 3.05) is 11.9 Å². The molecule has 1 amide bonds. The fourth-order valence-corrected chi connectivity index (χ4v) is 4.66. The number of hydrogen-bond donors (Lipinski definition) is 1. The topological polar surface area (TPSA) is 98.8 Å². The average Bonchev–Trinajstić information content (AvgIpc) is 2.93. The van der Waals surface area contributed by atoms with E-state index in [0.717, 1.165) is 25.7 Å². The largest absolute Gasteiger partial charge is 0.463 e. The van der Waals surface area contributed by atoms with Crippen molar-refractivity contribution >= 4 is 52.5 Å². The first-order valence-corrected chi connectivity index (χ1v) is 15.9. The number of alkyl halides is 1. The number of carbonyl (C=O) groups is 4. The number of ketones is 1. The maximum Gasteiger partial charge on any atom is 0.347 e. The second kappa shape index (κ2) is 19.9. The first kappa shape index (κ1) is 36.9. The molecule has 1 aromatic rings. The maximum atomic E-state index is 12.9. The minimum absolute atomic E-state index is 0.0852. The highest BCUT2D eigenvalue weighted by molar-refractivity contribution is 6.44. The molecule has 0 saturated heterocycles.